The molecule has 3 heterocycles. The second-order valence-electron chi connectivity index (χ2n) is 6.36. The molecule has 130 valence electrons. The Hall–Kier alpha value is -2.80. The lowest BCUT2D eigenvalue weighted by molar-refractivity contribution is 0.0529. The van der Waals surface area contributed by atoms with Crippen LogP contribution in [0.3, 0.4) is 0 Å². The number of aliphatic hydroxyl groups is 1. The van der Waals surface area contributed by atoms with E-state index in [9.17, 15) is 9.90 Å². The third-order valence-electron chi connectivity index (χ3n) is 3.59. The fourth-order valence-electron chi connectivity index (χ4n) is 2.59. The summed E-state index contributed by atoms with van der Waals surface area (Å²) in [6, 6.07) is 5.39. The van der Waals surface area contributed by atoms with E-state index in [1.54, 1.807) is 49.9 Å². The molecule has 0 bridgehead atoms. The quantitative estimate of drug-likeness (QED) is 0.717. The molecule has 7 heteroatoms. The molecular weight excluding hydrogens is 320 g/mol. The number of aromatic nitrogens is 4. The van der Waals surface area contributed by atoms with Gasteiger partial charge < -0.3 is 9.84 Å². The molecule has 0 fully saturated rings. The fourth-order valence-corrected chi connectivity index (χ4v) is 2.59. The molecule has 1 N–H and O–H groups in total. The molecule has 3 aromatic rings. The van der Waals surface area contributed by atoms with E-state index in [1.807, 2.05) is 12.1 Å². The third kappa shape index (κ3) is 3.66. The molecule has 0 aliphatic carbocycles. The van der Waals surface area contributed by atoms with Crippen molar-refractivity contribution in [3.05, 3.63) is 48.0 Å². The van der Waals surface area contributed by atoms with Gasteiger partial charge in [-0.2, -0.15) is 5.10 Å². The second-order valence-corrected chi connectivity index (χ2v) is 6.36. The highest BCUT2D eigenvalue weighted by atomic mass is 16.5. The average molecular weight is 340 g/mol. The van der Waals surface area contributed by atoms with E-state index < -0.39 is 11.6 Å². The molecule has 0 saturated heterocycles. The Morgan fingerprint density at radius 1 is 1.32 bits per heavy atom. The fraction of sp³-hybridized carbons (Fsp3) is 0.333. The highest BCUT2D eigenvalue weighted by molar-refractivity contribution is 6.02. The summed E-state index contributed by atoms with van der Waals surface area (Å²) in [6.07, 6.45) is 5.41. The number of hydrogen-bond acceptors (Lipinski definition) is 6. The van der Waals surface area contributed by atoms with Crippen molar-refractivity contribution >= 4 is 11.6 Å². The van der Waals surface area contributed by atoms with Crippen molar-refractivity contribution in [3.63, 3.8) is 0 Å². The van der Waals surface area contributed by atoms with E-state index in [-0.39, 0.29) is 6.61 Å². The molecule has 0 aliphatic rings. The van der Waals surface area contributed by atoms with Crippen molar-refractivity contribution in [1.82, 2.24) is 19.6 Å². The number of pyridine rings is 1. The predicted molar refractivity (Wildman–Crippen MR) is 92.2 cm³/mol. The summed E-state index contributed by atoms with van der Waals surface area (Å²) in [5.74, 6) is -0.466. The van der Waals surface area contributed by atoms with Crippen LogP contribution >= 0.6 is 0 Å². The van der Waals surface area contributed by atoms with Crippen LogP contribution in [0.5, 0.6) is 0 Å². The van der Waals surface area contributed by atoms with E-state index in [2.05, 4.69) is 15.1 Å². The Morgan fingerprint density at radius 3 is 2.76 bits per heavy atom. The van der Waals surface area contributed by atoms with Gasteiger partial charge in [0.1, 0.15) is 11.3 Å². The summed E-state index contributed by atoms with van der Waals surface area (Å²) in [5.41, 5.74) is 1.84. The van der Waals surface area contributed by atoms with Gasteiger partial charge in [-0.1, -0.05) is 0 Å². The van der Waals surface area contributed by atoms with Crippen LogP contribution in [0, 0.1) is 0 Å². The smallest absolute Gasteiger partial charge is 0.344 e. The summed E-state index contributed by atoms with van der Waals surface area (Å²) in [7, 11) is 0. The number of hydrogen-bond donors (Lipinski definition) is 1. The zero-order chi connectivity index (χ0) is 18.0. The average Bonchev–Trinajstić information content (AvgIpc) is 2.93. The molecular formula is C18H20N4O3. The van der Waals surface area contributed by atoms with Crippen LogP contribution in [0.15, 0.2) is 36.8 Å². The standard InChI is InChI=1S/C18H20N4O3/c1-4-25-17(23)14-15(21-22-9-5-8-19-16(14)22)12-6-7-13(20-11-12)10-18(2,3)24/h5-9,11,24H,4,10H2,1-3H3. The van der Waals surface area contributed by atoms with Crippen LogP contribution in [-0.2, 0) is 11.2 Å². The maximum Gasteiger partial charge on any atom is 0.344 e. The number of rotatable bonds is 5. The molecule has 0 radical (unpaired) electrons. The minimum Gasteiger partial charge on any atom is -0.462 e. The van der Waals surface area contributed by atoms with Gasteiger partial charge in [-0.25, -0.2) is 14.3 Å². The van der Waals surface area contributed by atoms with Crippen molar-refractivity contribution in [2.45, 2.75) is 32.8 Å². The van der Waals surface area contributed by atoms with Crippen molar-refractivity contribution in [1.29, 1.82) is 0 Å². The largest absolute Gasteiger partial charge is 0.462 e. The first-order valence-electron chi connectivity index (χ1n) is 8.07. The van der Waals surface area contributed by atoms with Gasteiger partial charge >= 0.3 is 5.97 Å². The molecule has 3 rings (SSSR count). The van der Waals surface area contributed by atoms with E-state index >= 15 is 0 Å². The topological polar surface area (TPSA) is 89.6 Å². The van der Waals surface area contributed by atoms with Gasteiger partial charge in [-0.3, -0.25) is 4.98 Å². The Balaban J connectivity index is 2.06. The van der Waals surface area contributed by atoms with E-state index in [0.717, 1.165) is 5.69 Å². The van der Waals surface area contributed by atoms with Gasteiger partial charge in [0.2, 0.25) is 0 Å². The number of ether oxygens (including phenoxy) is 1. The molecule has 0 amide bonds. The van der Waals surface area contributed by atoms with Crippen LogP contribution < -0.4 is 0 Å². The molecule has 0 spiro atoms. The van der Waals surface area contributed by atoms with Gasteiger partial charge in [0.15, 0.2) is 5.65 Å². The summed E-state index contributed by atoms with van der Waals surface area (Å²) >= 11 is 0. The minimum absolute atomic E-state index is 0.269. The highest BCUT2D eigenvalue weighted by Crippen LogP contribution is 2.26. The number of fused-ring (bicyclic) bond motifs is 1. The second kappa shape index (κ2) is 6.60. The van der Waals surface area contributed by atoms with Gasteiger partial charge in [0.05, 0.1) is 12.2 Å². The van der Waals surface area contributed by atoms with Gasteiger partial charge in [0, 0.05) is 36.3 Å². The van der Waals surface area contributed by atoms with Gasteiger partial charge in [-0.15, -0.1) is 0 Å². The van der Waals surface area contributed by atoms with Crippen LogP contribution in [-0.4, -0.2) is 42.9 Å². The Bertz CT molecular complexity index is 895. The zero-order valence-electron chi connectivity index (χ0n) is 14.4. The third-order valence-corrected chi connectivity index (χ3v) is 3.59. The molecule has 0 atom stereocenters. The van der Waals surface area contributed by atoms with E-state index in [0.29, 0.717) is 28.9 Å². The lowest BCUT2D eigenvalue weighted by atomic mass is 10.0. The van der Waals surface area contributed by atoms with Crippen molar-refractivity contribution in [3.8, 4) is 11.3 Å². The summed E-state index contributed by atoms with van der Waals surface area (Å²) in [5, 5.41) is 14.4. The maximum absolute atomic E-state index is 12.4. The molecule has 25 heavy (non-hydrogen) atoms. The first-order valence-corrected chi connectivity index (χ1v) is 8.07. The van der Waals surface area contributed by atoms with Crippen molar-refractivity contribution in [2.75, 3.05) is 6.61 Å². The molecule has 7 nitrogen and oxygen atoms in total. The molecule has 0 aromatic carbocycles. The lowest BCUT2D eigenvalue weighted by Crippen LogP contribution is -2.22. The Kier molecular flexibility index (Phi) is 4.50. The van der Waals surface area contributed by atoms with Crippen molar-refractivity contribution < 1.29 is 14.6 Å². The SMILES string of the molecule is CCOC(=O)c1c(-c2ccc(CC(C)(C)O)nc2)nn2cccnc12. The highest BCUT2D eigenvalue weighted by Gasteiger charge is 2.23. The summed E-state index contributed by atoms with van der Waals surface area (Å²) in [4.78, 5) is 21.0. The zero-order valence-corrected chi connectivity index (χ0v) is 14.4. The lowest BCUT2D eigenvalue weighted by Gasteiger charge is -2.16. The molecule has 0 saturated carbocycles. The Morgan fingerprint density at radius 2 is 2.12 bits per heavy atom. The molecule has 3 aromatic heterocycles. The monoisotopic (exact) mass is 340 g/mol. The van der Waals surface area contributed by atoms with Gasteiger partial charge in [-0.05, 0) is 39.0 Å². The molecule has 0 unspecified atom stereocenters. The maximum atomic E-state index is 12.4. The van der Waals surface area contributed by atoms with Crippen LogP contribution in [0.2, 0.25) is 0 Å². The first kappa shape index (κ1) is 17.0. The summed E-state index contributed by atoms with van der Waals surface area (Å²) in [6.45, 7) is 5.49. The van der Waals surface area contributed by atoms with Gasteiger partial charge in [0.25, 0.3) is 0 Å². The van der Waals surface area contributed by atoms with Crippen molar-refractivity contribution in [2.24, 2.45) is 0 Å². The minimum atomic E-state index is -0.836. The number of carbonyl (C=O) groups excluding carboxylic acids is 1. The Labute approximate surface area is 145 Å². The summed E-state index contributed by atoms with van der Waals surface area (Å²) < 4.78 is 6.71. The number of nitrogens with zero attached hydrogens (tertiary/aromatic N) is 4. The van der Waals surface area contributed by atoms with Crippen LogP contribution in [0.25, 0.3) is 16.9 Å². The predicted octanol–water partition coefficient (Wildman–Crippen LogP) is 2.28. The number of esters is 1. The van der Waals surface area contributed by atoms with Crippen LogP contribution in [0.1, 0.15) is 36.8 Å². The normalized spacial score (nSPS) is 11.7. The van der Waals surface area contributed by atoms with Crippen LogP contribution in [0.4, 0.5) is 0 Å². The van der Waals surface area contributed by atoms with E-state index in [1.165, 1.54) is 0 Å². The first-order chi connectivity index (χ1) is 11.9. The number of carbonyl (C=O) groups is 1. The van der Waals surface area contributed by atoms with E-state index in [4.69, 9.17) is 4.74 Å². The molecule has 0 aliphatic heterocycles.